The van der Waals surface area contributed by atoms with E-state index in [1.54, 1.807) is 7.05 Å². The highest BCUT2D eigenvalue weighted by Crippen LogP contribution is 2.15. The van der Waals surface area contributed by atoms with E-state index in [0.29, 0.717) is 11.5 Å². The Balaban J connectivity index is 2.44. The number of aliphatic imine (C=N–C) groups is 1. The topological polar surface area (TPSA) is 48.2 Å². The fourth-order valence-electron chi connectivity index (χ4n) is 2.46. The molecule has 1 aliphatic rings. The molecule has 0 aliphatic carbocycles. The Morgan fingerprint density at radius 3 is 2.68 bits per heavy atom. The van der Waals surface area contributed by atoms with Gasteiger partial charge in [0.05, 0.1) is 11.1 Å². The normalized spacial score (nSPS) is 15.8. The van der Waals surface area contributed by atoms with E-state index in [9.17, 15) is 5.21 Å². The second-order valence-electron chi connectivity index (χ2n) is 4.90. The molecular formula is C18H15N3O. The second kappa shape index (κ2) is 5.84. The molecule has 0 aromatic heterocycles. The van der Waals surface area contributed by atoms with E-state index in [1.165, 1.54) is 5.06 Å². The van der Waals surface area contributed by atoms with Crippen molar-refractivity contribution in [1.29, 1.82) is 0 Å². The number of amidine groups is 1. The molecule has 0 atom stereocenters. The lowest BCUT2D eigenvalue weighted by Crippen LogP contribution is -2.32. The van der Waals surface area contributed by atoms with Crippen molar-refractivity contribution in [1.82, 2.24) is 5.06 Å². The molecular weight excluding hydrogens is 274 g/mol. The lowest BCUT2D eigenvalue weighted by atomic mass is 10.1. The molecule has 3 rings (SSSR count). The number of fused-ring (bicyclic) bond motifs is 1. The summed E-state index contributed by atoms with van der Waals surface area (Å²) in [5.41, 5.74) is 2.32. The van der Waals surface area contributed by atoms with Crippen molar-refractivity contribution >= 4 is 11.5 Å². The molecule has 0 amide bonds. The van der Waals surface area contributed by atoms with Gasteiger partial charge in [-0.1, -0.05) is 36.3 Å². The van der Waals surface area contributed by atoms with Crippen LogP contribution in [0.4, 0.5) is 0 Å². The molecule has 0 unspecified atom stereocenters. The molecule has 0 saturated heterocycles. The van der Waals surface area contributed by atoms with Gasteiger partial charge in [-0.2, -0.15) is 0 Å². The minimum Gasteiger partial charge on any atom is -0.288 e. The van der Waals surface area contributed by atoms with Crippen LogP contribution in [0.5, 0.6) is 0 Å². The van der Waals surface area contributed by atoms with Crippen molar-refractivity contribution in [3.05, 3.63) is 70.2 Å². The van der Waals surface area contributed by atoms with Crippen LogP contribution in [0.15, 0.2) is 58.5 Å². The molecule has 1 aliphatic heterocycles. The molecule has 108 valence electrons. The highest BCUT2D eigenvalue weighted by atomic mass is 16.5. The number of rotatable bonds is 1. The smallest absolute Gasteiger partial charge is 0.145 e. The van der Waals surface area contributed by atoms with Crippen LogP contribution < -0.4 is 10.6 Å². The van der Waals surface area contributed by atoms with E-state index in [-0.39, 0.29) is 6.54 Å². The minimum absolute atomic E-state index is 0.223. The molecule has 4 heteroatoms. The summed E-state index contributed by atoms with van der Waals surface area (Å²) in [6.45, 7) is 0.223. The largest absolute Gasteiger partial charge is 0.288 e. The average Bonchev–Trinajstić information content (AvgIpc) is 2.70. The molecule has 1 N–H and O–H groups in total. The van der Waals surface area contributed by atoms with Gasteiger partial charge in [-0.05, 0) is 18.2 Å². The van der Waals surface area contributed by atoms with Crippen LogP contribution in [-0.2, 0) is 0 Å². The fraction of sp³-hybridized carbons (Fsp3) is 0.111. The fourth-order valence-corrected chi connectivity index (χ4v) is 2.46. The van der Waals surface area contributed by atoms with E-state index in [1.807, 2.05) is 48.5 Å². The predicted molar refractivity (Wildman–Crippen MR) is 86.0 cm³/mol. The highest BCUT2D eigenvalue weighted by Gasteiger charge is 2.17. The standard InChI is InChI=1S/C18H15N3O/c1-3-13-9-10-16-15(11-13)18(14-7-5-4-6-8-14)21(22)12-17(19-2)20-16/h1,4-11,22H,12H2,2H3. The van der Waals surface area contributed by atoms with Gasteiger partial charge in [-0.15, -0.1) is 6.42 Å². The Kier molecular flexibility index (Phi) is 3.73. The summed E-state index contributed by atoms with van der Waals surface area (Å²) in [5.74, 6) is 3.18. The summed E-state index contributed by atoms with van der Waals surface area (Å²) >= 11 is 0. The number of hydrogen-bond acceptors (Lipinski definition) is 3. The van der Waals surface area contributed by atoms with E-state index < -0.39 is 0 Å². The molecule has 0 fully saturated rings. The van der Waals surface area contributed by atoms with Crippen molar-refractivity contribution in [2.24, 2.45) is 9.98 Å². The van der Waals surface area contributed by atoms with Gasteiger partial charge in [0.2, 0.25) is 0 Å². The first-order valence-corrected chi connectivity index (χ1v) is 6.90. The van der Waals surface area contributed by atoms with Crippen LogP contribution in [0.25, 0.3) is 5.70 Å². The number of benzene rings is 2. The molecule has 0 radical (unpaired) electrons. The second-order valence-corrected chi connectivity index (χ2v) is 4.90. The molecule has 1 heterocycles. The van der Waals surface area contributed by atoms with Crippen molar-refractivity contribution in [3.8, 4) is 12.3 Å². The summed E-state index contributed by atoms with van der Waals surface area (Å²) < 4.78 is 0. The van der Waals surface area contributed by atoms with Crippen molar-refractivity contribution < 1.29 is 5.21 Å². The number of hydroxylamine groups is 2. The molecule has 2 aromatic carbocycles. The Hall–Kier alpha value is -2.90. The zero-order valence-electron chi connectivity index (χ0n) is 12.2. The Bertz CT molecular complexity index is 892. The van der Waals surface area contributed by atoms with Gasteiger partial charge in [-0.25, -0.2) is 10.1 Å². The molecule has 0 bridgehead atoms. The van der Waals surface area contributed by atoms with E-state index >= 15 is 0 Å². The van der Waals surface area contributed by atoms with Gasteiger partial charge in [0, 0.05) is 23.4 Å². The maximum absolute atomic E-state index is 10.5. The van der Waals surface area contributed by atoms with Crippen LogP contribution in [0.1, 0.15) is 11.1 Å². The maximum atomic E-state index is 10.5. The van der Waals surface area contributed by atoms with Gasteiger partial charge in [0.1, 0.15) is 12.4 Å². The van der Waals surface area contributed by atoms with Gasteiger partial charge in [0.15, 0.2) is 0 Å². The predicted octanol–water partition coefficient (Wildman–Crippen LogP) is 1.18. The Morgan fingerprint density at radius 2 is 2.00 bits per heavy atom. The number of nitrogens with zero attached hydrogens (tertiary/aromatic N) is 3. The molecule has 22 heavy (non-hydrogen) atoms. The summed E-state index contributed by atoms with van der Waals surface area (Å²) in [6, 6.07) is 15.2. The van der Waals surface area contributed by atoms with Gasteiger partial charge < -0.3 is 0 Å². The highest BCUT2D eigenvalue weighted by molar-refractivity contribution is 5.87. The first kappa shape index (κ1) is 14.1. The third kappa shape index (κ3) is 2.50. The van der Waals surface area contributed by atoms with Crippen LogP contribution in [0.2, 0.25) is 0 Å². The van der Waals surface area contributed by atoms with Crippen molar-refractivity contribution in [2.45, 2.75) is 0 Å². The monoisotopic (exact) mass is 289 g/mol. The Morgan fingerprint density at radius 1 is 1.23 bits per heavy atom. The summed E-state index contributed by atoms with van der Waals surface area (Å²) in [6.07, 6.45) is 5.50. The number of hydrogen-bond donors (Lipinski definition) is 1. The van der Waals surface area contributed by atoms with Gasteiger partial charge >= 0.3 is 0 Å². The van der Waals surface area contributed by atoms with Crippen LogP contribution >= 0.6 is 0 Å². The summed E-state index contributed by atoms with van der Waals surface area (Å²) in [7, 11) is 1.66. The van der Waals surface area contributed by atoms with Gasteiger partial charge in [-0.3, -0.25) is 10.2 Å². The minimum atomic E-state index is 0.223. The maximum Gasteiger partial charge on any atom is 0.145 e. The van der Waals surface area contributed by atoms with Crippen LogP contribution in [0, 0.1) is 12.3 Å². The lowest BCUT2D eigenvalue weighted by Gasteiger charge is -2.19. The van der Waals surface area contributed by atoms with Gasteiger partial charge in [0.25, 0.3) is 0 Å². The van der Waals surface area contributed by atoms with Crippen LogP contribution in [-0.4, -0.2) is 29.7 Å². The third-order valence-corrected chi connectivity index (χ3v) is 3.52. The van der Waals surface area contributed by atoms with E-state index in [2.05, 4.69) is 15.9 Å². The molecule has 2 aromatic rings. The first-order valence-electron chi connectivity index (χ1n) is 6.90. The summed E-state index contributed by atoms with van der Waals surface area (Å²) in [5, 5.41) is 13.2. The van der Waals surface area contributed by atoms with E-state index in [4.69, 9.17) is 6.42 Å². The molecule has 0 spiro atoms. The van der Waals surface area contributed by atoms with Crippen LogP contribution in [0.3, 0.4) is 0 Å². The zero-order valence-corrected chi connectivity index (χ0v) is 12.2. The average molecular weight is 289 g/mol. The lowest BCUT2D eigenvalue weighted by molar-refractivity contribution is -0.0119. The number of terminal acetylenes is 1. The zero-order chi connectivity index (χ0) is 15.5. The SMILES string of the molecule is C#Cc1ccc2c(c1)=C(c1ccccc1)N(O)CC(=NC)N=2. The first-order chi connectivity index (χ1) is 10.7. The third-order valence-electron chi connectivity index (χ3n) is 3.52. The van der Waals surface area contributed by atoms with E-state index in [0.717, 1.165) is 21.7 Å². The Labute approximate surface area is 128 Å². The molecule has 0 saturated carbocycles. The van der Waals surface area contributed by atoms with Crippen molar-refractivity contribution in [3.63, 3.8) is 0 Å². The quantitative estimate of drug-likeness (QED) is 0.801. The molecule has 4 nitrogen and oxygen atoms in total. The van der Waals surface area contributed by atoms with Crippen molar-refractivity contribution in [2.75, 3.05) is 13.6 Å². The summed E-state index contributed by atoms with van der Waals surface area (Å²) in [4.78, 5) is 8.64.